The first-order chi connectivity index (χ1) is 12.1. The summed E-state index contributed by atoms with van der Waals surface area (Å²) in [7, 11) is -3.70. The largest absolute Gasteiger partial charge is 0.343 e. The standard InChI is InChI=1S/C16H16N4O3S2/c21-15(18-16-17-8-10-24-16)12-6-3-4-9-20(12)14-11-5-1-2-7-13(11)25(22,23)19-14/h1-2,5,7-8,10,12H,3-4,6,9H2,(H,17,18,21)/t12-/m1/s1. The Morgan fingerprint density at radius 3 is 2.92 bits per heavy atom. The topological polar surface area (TPSA) is 91.7 Å². The van der Waals surface area contributed by atoms with E-state index in [4.69, 9.17) is 0 Å². The molecule has 0 aliphatic carbocycles. The van der Waals surface area contributed by atoms with E-state index in [-0.39, 0.29) is 10.8 Å². The van der Waals surface area contributed by atoms with Gasteiger partial charge in [0.05, 0.1) is 0 Å². The fourth-order valence-electron chi connectivity index (χ4n) is 3.23. The van der Waals surface area contributed by atoms with Crippen molar-refractivity contribution in [3.8, 4) is 0 Å². The number of nitrogens with one attached hydrogen (secondary N) is 1. The first-order valence-corrected chi connectivity index (χ1v) is 10.3. The van der Waals surface area contributed by atoms with Crippen LogP contribution in [0.1, 0.15) is 24.8 Å². The van der Waals surface area contributed by atoms with Crippen LogP contribution in [-0.2, 0) is 14.8 Å². The van der Waals surface area contributed by atoms with Gasteiger partial charge < -0.3 is 10.2 Å². The molecule has 1 amide bonds. The number of hydrogen-bond donors (Lipinski definition) is 1. The zero-order valence-corrected chi connectivity index (χ0v) is 14.9. The summed E-state index contributed by atoms with van der Waals surface area (Å²) in [6.07, 6.45) is 4.08. The highest BCUT2D eigenvalue weighted by molar-refractivity contribution is 7.90. The molecule has 0 bridgehead atoms. The van der Waals surface area contributed by atoms with Gasteiger partial charge in [0.2, 0.25) is 5.91 Å². The number of thiazole rings is 1. The molecule has 130 valence electrons. The lowest BCUT2D eigenvalue weighted by atomic mass is 10.00. The smallest absolute Gasteiger partial charge is 0.285 e. The summed E-state index contributed by atoms with van der Waals surface area (Å²) in [6.45, 7) is 0.596. The molecule has 2 aliphatic heterocycles. The van der Waals surface area contributed by atoms with E-state index in [1.807, 2.05) is 4.90 Å². The van der Waals surface area contributed by atoms with Gasteiger partial charge in [0, 0.05) is 23.7 Å². The Kier molecular flexibility index (Phi) is 4.04. The summed E-state index contributed by atoms with van der Waals surface area (Å²) in [5.41, 5.74) is 0.566. The van der Waals surface area contributed by atoms with E-state index in [1.54, 1.807) is 35.8 Å². The number of amidine groups is 1. The van der Waals surface area contributed by atoms with Crippen molar-refractivity contribution < 1.29 is 13.2 Å². The van der Waals surface area contributed by atoms with Gasteiger partial charge in [-0.2, -0.15) is 8.42 Å². The second kappa shape index (κ2) is 6.23. The Morgan fingerprint density at radius 2 is 2.12 bits per heavy atom. The summed E-state index contributed by atoms with van der Waals surface area (Å²) >= 11 is 1.35. The molecule has 9 heteroatoms. The van der Waals surface area contributed by atoms with Crippen molar-refractivity contribution >= 4 is 38.2 Å². The SMILES string of the molecule is O=C(Nc1nccs1)[C@H]1CCCCN1C1=NS(=O)(=O)c2ccccc21. The molecule has 1 aromatic carbocycles. The monoisotopic (exact) mass is 376 g/mol. The van der Waals surface area contributed by atoms with Crippen molar-refractivity contribution in [3.63, 3.8) is 0 Å². The molecule has 7 nitrogen and oxygen atoms in total. The van der Waals surface area contributed by atoms with Gasteiger partial charge in [-0.25, -0.2) is 4.98 Å². The number of rotatable bonds is 2. The van der Waals surface area contributed by atoms with Crippen molar-refractivity contribution in [2.45, 2.75) is 30.2 Å². The maximum absolute atomic E-state index is 12.7. The van der Waals surface area contributed by atoms with Crippen LogP contribution in [0.3, 0.4) is 0 Å². The van der Waals surface area contributed by atoms with Gasteiger partial charge in [0.15, 0.2) is 11.0 Å². The molecule has 0 saturated carbocycles. The van der Waals surface area contributed by atoms with E-state index in [2.05, 4.69) is 14.7 Å². The number of fused-ring (bicyclic) bond motifs is 1. The summed E-state index contributed by atoms with van der Waals surface area (Å²) in [4.78, 5) is 18.8. The van der Waals surface area contributed by atoms with Gasteiger partial charge in [-0.3, -0.25) is 4.79 Å². The number of hydrogen-bond acceptors (Lipinski definition) is 6. The molecule has 1 fully saturated rings. The van der Waals surface area contributed by atoms with Gasteiger partial charge >= 0.3 is 0 Å². The number of benzene rings is 1. The summed E-state index contributed by atoms with van der Waals surface area (Å²) in [5, 5.41) is 5.14. The van der Waals surface area contributed by atoms with Gasteiger partial charge in [-0.05, 0) is 31.4 Å². The van der Waals surface area contributed by atoms with Crippen LogP contribution in [0.2, 0.25) is 0 Å². The van der Waals surface area contributed by atoms with Crippen LogP contribution < -0.4 is 5.32 Å². The van der Waals surface area contributed by atoms with E-state index in [1.165, 1.54) is 11.3 Å². The first kappa shape index (κ1) is 16.2. The molecule has 4 rings (SSSR count). The Bertz CT molecular complexity index is 938. The van der Waals surface area contributed by atoms with E-state index < -0.39 is 16.1 Å². The summed E-state index contributed by atoms with van der Waals surface area (Å²) in [5.74, 6) is 0.189. The van der Waals surface area contributed by atoms with E-state index >= 15 is 0 Å². The average Bonchev–Trinajstić information content (AvgIpc) is 3.21. The van der Waals surface area contributed by atoms with Crippen molar-refractivity contribution in [2.24, 2.45) is 4.40 Å². The van der Waals surface area contributed by atoms with Crippen LogP contribution in [0.15, 0.2) is 45.1 Å². The van der Waals surface area contributed by atoms with E-state index in [0.717, 1.165) is 12.8 Å². The molecule has 3 heterocycles. The highest BCUT2D eigenvalue weighted by Gasteiger charge is 2.38. The summed E-state index contributed by atoms with van der Waals surface area (Å²) in [6, 6.07) is 6.29. The fraction of sp³-hybridized carbons (Fsp3) is 0.312. The molecule has 1 saturated heterocycles. The number of piperidine rings is 1. The maximum Gasteiger partial charge on any atom is 0.285 e. The van der Waals surface area contributed by atoms with Crippen LogP contribution in [-0.4, -0.2) is 42.6 Å². The highest BCUT2D eigenvalue weighted by atomic mass is 32.2. The Morgan fingerprint density at radius 1 is 1.28 bits per heavy atom. The minimum Gasteiger partial charge on any atom is -0.343 e. The van der Waals surface area contributed by atoms with Crippen LogP contribution in [0, 0.1) is 0 Å². The highest BCUT2D eigenvalue weighted by Crippen LogP contribution is 2.31. The first-order valence-electron chi connectivity index (χ1n) is 7.98. The molecular formula is C16H16N4O3S2. The van der Waals surface area contributed by atoms with Crippen molar-refractivity contribution in [1.82, 2.24) is 9.88 Å². The number of amides is 1. The number of aromatic nitrogens is 1. The molecular weight excluding hydrogens is 360 g/mol. The molecule has 0 unspecified atom stereocenters. The molecule has 0 spiro atoms. The molecule has 1 N–H and O–H groups in total. The lowest BCUT2D eigenvalue weighted by molar-refractivity contribution is -0.120. The lowest BCUT2D eigenvalue weighted by Crippen LogP contribution is -2.50. The molecule has 2 aliphatic rings. The molecule has 25 heavy (non-hydrogen) atoms. The number of nitrogens with zero attached hydrogens (tertiary/aromatic N) is 3. The number of likely N-dealkylation sites (tertiary alicyclic amines) is 1. The normalized spacial score (nSPS) is 21.5. The summed E-state index contributed by atoms with van der Waals surface area (Å²) < 4.78 is 28.6. The van der Waals surface area contributed by atoms with Crippen molar-refractivity contribution in [1.29, 1.82) is 0 Å². The van der Waals surface area contributed by atoms with Crippen LogP contribution in [0.4, 0.5) is 5.13 Å². The molecule has 1 atom stereocenters. The van der Waals surface area contributed by atoms with Crippen LogP contribution >= 0.6 is 11.3 Å². The van der Waals surface area contributed by atoms with Gasteiger partial charge in [0.25, 0.3) is 10.0 Å². The van der Waals surface area contributed by atoms with Gasteiger partial charge in [-0.15, -0.1) is 15.7 Å². The zero-order chi connectivity index (χ0) is 17.4. The average molecular weight is 376 g/mol. The van der Waals surface area contributed by atoms with Crippen LogP contribution in [0.25, 0.3) is 0 Å². The predicted octanol–water partition coefficient (Wildman–Crippen LogP) is 2.09. The quantitative estimate of drug-likeness (QED) is 0.866. The zero-order valence-electron chi connectivity index (χ0n) is 13.3. The number of sulfonamides is 1. The Balaban J connectivity index is 1.67. The minimum absolute atomic E-state index is 0.181. The van der Waals surface area contributed by atoms with E-state index in [9.17, 15) is 13.2 Å². The third-order valence-electron chi connectivity index (χ3n) is 4.35. The number of anilines is 1. The van der Waals surface area contributed by atoms with Gasteiger partial charge in [-0.1, -0.05) is 12.1 Å². The van der Waals surface area contributed by atoms with E-state index in [0.29, 0.717) is 29.5 Å². The molecule has 0 radical (unpaired) electrons. The number of carbonyl (C=O) groups excluding carboxylic acids is 1. The molecule has 2 aromatic rings. The lowest BCUT2D eigenvalue weighted by Gasteiger charge is -2.35. The van der Waals surface area contributed by atoms with Crippen LogP contribution in [0.5, 0.6) is 0 Å². The van der Waals surface area contributed by atoms with Gasteiger partial charge in [0.1, 0.15) is 10.9 Å². The second-order valence-corrected chi connectivity index (χ2v) is 8.38. The Labute approximate surface area is 149 Å². The second-order valence-electron chi connectivity index (χ2n) is 5.92. The van der Waals surface area contributed by atoms with Crippen molar-refractivity contribution in [2.75, 3.05) is 11.9 Å². The van der Waals surface area contributed by atoms with Crippen molar-refractivity contribution in [3.05, 3.63) is 41.4 Å². The fourth-order valence-corrected chi connectivity index (χ4v) is 4.98. The Hall–Kier alpha value is -2.26. The third-order valence-corrected chi connectivity index (χ3v) is 6.37. The predicted molar refractivity (Wildman–Crippen MR) is 95.3 cm³/mol. The third kappa shape index (κ3) is 2.93. The maximum atomic E-state index is 12.7. The minimum atomic E-state index is -3.70. The number of carbonyl (C=O) groups is 1. The molecule has 1 aromatic heterocycles.